The monoisotopic (exact) mass is 863 g/mol. The third kappa shape index (κ3) is 28.5. The molecule has 0 aromatic carbocycles. The van der Waals surface area contributed by atoms with Crippen molar-refractivity contribution >= 4 is 19.8 Å². The van der Waals surface area contributed by atoms with E-state index in [-0.39, 0.29) is 12.8 Å². The van der Waals surface area contributed by atoms with Gasteiger partial charge in [0.25, 0.3) is 0 Å². The van der Waals surface area contributed by atoms with Gasteiger partial charge in [0.2, 0.25) is 0 Å². The molecule has 0 radical (unpaired) electrons. The van der Waals surface area contributed by atoms with Crippen LogP contribution in [-0.2, 0) is 32.7 Å². The summed E-state index contributed by atoms with van der Waals surface area (Å²) in [5, 5.41) is 50.1. The van der Waals surface area contributed by atoms with E-state index < -0.39 is 75.7 Å². The summed E-state index contributed by atoms with van der Waals surface area (Å²) in [6.07, 6.45) is 25.1. The van der Waals surface area contributed by atoms with E-state index in [0.717, 1.165) is 70.6 Å². The van der Waals surface area contributed by atoms with Crippen molar-refractivity contribution in [2.75, 3.05) is 13.2 Å². The van der Waals surface area contributed by atoms with Gasteiger partial charge in [0, 0.05) is 12.8 Å². The number of aliphatic hydroxyl groups excluding tert-OH is 5. The van der Waals surface area contributed by atoms with Gasteiger partial charge in [-0.15, -0.1) is 0 Å². The molecular weight excluding hydrogens is 779 g/mol. The highest BCUT2D eigenvalue weighted by atomic mass is 31.2. The van der Waals surface area contributed by atoms with Crippen LogP contribution in [0, 0.1) is 0 Å². The molecule has 1 rings (SSSR count). The lowest BCUT2D eigenvalue weighted by Crippen LogP contribution is -2.64. The van der Waals surface area contributed by atoms with Crippen molar-refractivity contribution in [2.45, 2.75) is 236 Å². The van der Waals surface area contributed by atoms with E-state index >= 15 is 0 Å². The molecule has 346 valence electrons. The first-order valence-corrected chi connectivity index (χ1v) is 24.6. The molecule has 0 heterocycles. The highest BCUT2D eigenvalue weighted by Gasteiger charge is 2.51. The van der Waals surface area contributed by atoms with Crippen LogP contribution >= 0.6 is 7.82 Å². The number of hydrogen-bond acceptors (Lipinski definition) is 12. The topological polar surface area (TPSA) is 210 Å². The van der Waals surface area contributed by atoms with Gasteiger partial charge in [0.1, 0.15) is 43.2 Å². The molecule has 1 aliphatic carbocycles. The molecule has 0 aromatic rings. The van der Waals surface area contributed by atoms with Gasteiger partial charge < -0.3 is 39.9 Å². The average molecular weight is 863 g/mol. The number of phosphoric acid groups is 1. The predicted octanol–water partition coefficient (Wildman–Crippen LogP) is 8.84. The van der Waals surface area contributed by atoms with E-state index in [1.54, 1.807) is 0 Å². The van der Waals surface area contributed by atoms with E-state index in [0.29, 0.717) is 12.8 Å². The molecule has 0 aromatic heterocycles. The summed E-state index contributed by atoms with van der Waals surface area (Å²) in [6, 6.07) is 0. The number of esters is 2. The lowest BCUT2D eigenvalue weighted by Gasteiger charge is -2.41. The van der Waals surface area contributed by atoms with Gasteiger partial charge in [0.05, 0.1) is 6.61 Å². The fraction of sp³-hybridized carbons (Fsp3) is 0.867. The van der Waals surface area contributed by atoms with Gasteiger partial charge in [-0.2, -0.15) is 0 Å². The summed E-state index contributed by atoms with van der Waals surface area (Å²) in [4.78, 5) is 35.7. The third-order valence-corrected chi connectivity index (χ3v) is 11.8. The smallest absolute Gasteiger partial charge is 0.462 e. The van der Waals surface area contributed by atoms with Crippen molar-refractivity contribution in [3.63, 3.8) is 0 Å². The molecule has 0 aliphatic heterocycles. The number of hydrogen-bond donors (Lipinski definition) is 6. The Morgan fingerprint density at radius 1 is 0.508 bits per heavy atom. The maximum Gasteiger partial charge on any atom is 0.472 e. The summed E-state index contributed by atoms with van der Waals surface area (Å²) in [7, 11) is -5.12. The standard InChI is InChI=1S/C45H83O13P/c1-3-5-7-9-11-13-15-17-19-21-23-25-27-29-31-33-38(46)55-35-37(36-56-59(53,54)58-45-43(51)41(49)40(48)42(50)44(45)52)57-39(47)34-32-30-28-26-24-22-20-18-16-14-12-10-8-6-4-2/h13,15,18,20,37,40-45,48-52H,3-12,14,16-17,19,21-36H2,1-2H3,(H,53,54)/t37-,40?,41-,42?,43?,44?,45?/m1/s1. The number of ether oxygens (including phenoxy) is 2. The quantitative estimate of drug-likeness (QED) is 0.0149. The van der Waals surface area contributed by atoms with Crippen LogP contribution in [0.4, 0.5) is 0 Å². The first-order valence-electron chi connectivity index (χ1n) is 23.1. The van der Waals surface area contributed by atoms with Gasteiger partial charge >= 0.3 is 19.8 Å². The van der Waals surface area contributed by atoms with Crippen LogP contribution in [0.5, 0.6) is 0 Å². The molecule has 0 bridgehead atoms. The van der Waals surface area contributed by atoms with E-state index in [9.17, 15) is 44.6 Å². The number of carbonyl (C=O) groups excluding carboxylic acids is 2. The Hall–Kier alpha value is -1.67. The molecule has 0 saturated heterocycles. The van der Waals surface area contributed by atoms with Gasteiger partial charge in [-0.1, -0.05) is 141 Å². The molecule has 6 unspecified atom stereocenters. The molecule has 1 aliphatic rings. The van der Waals surface area contributed by atoms with Gasteiger partial charge in [-0.25, -0.2) is 4.57 Å². The van der Waals surface area contributed by atoms with E-state index in [2.05, 4.69) is 38.2 Å². The second kappa shape index (κ2) is 35.9. The Bertz CT molecular complexity index is 1130. The van der Waals surface area contributed by atoms with Crippen molar-refractivity contribution < 1.29 is 63.1 Å². The number of phosphoric ester groups is 1. The van der Waals surface area contributed by atoms with Crippen LogP contribution < -0.4 is 0 Å². The summed E-state index contributed by atoms with van der Waals surface area (Å²) in [6.45, 7) is 3.27. The molecule has 8 atom stereocenters. The first-order chi connectivity index (χ1) is 28.4. The minimum absolute atomic E-state index is 0.0876. The van der Waals surface area contributed by atoms with Crippen molar-refractivity contribution in [2.24, 2.45) is 0 Å². The largest absolute Gasteiger partial charge is 0.472 e. The van der Waals surface area contributed by atoms with Gasteiger partial charge in [-0.05, 0) is 64.2 Å². The molecule has 6 N–H and O–H groups in total. The zero-order valence-corrected chi connectivity index (χ0v) is 37.4. The highest BCUT2D eigenvalue weighted by molar-refractivity contribution is 7.47. The first kappa shape index (κ1) is 55.3. The molecule has 14 heteroatoms. The number of allylic oxidation sites excluding steroid dienone is 4. The zero-order chi connectivity index (χ0) is 43.6. The van der Waals surface area contributed by atoms with E-state index in [1.807, 2.05) is 0 Å². The Kier molecular flexibility index (Phi) is 33.7. The number of unbranched alkanes of at least 4 members (excludes halogenated alkanes) is 22. The second-order valence-corrected chi connectivity index (χ2v) is 17.7. The minimum atomic E-state index is -5.12. The summed E-state index contributed by atoms with van der Waals surface area (Å²) in [5.41, 5.74) is 0. The Balaban J connectivity index is 2.47. The molecule has 1 saturated carbocycles. The van der Waals surface area contributed by atoms with Gasteiger partial charge in [-0.3, -0.25) is 18.6 Å². The second-order valence-electron chi connectivity index (χ2n) is 16.3. The number of rotatable bonds is 38. The maximum absolute atomic E-state index is 12.8. The van der Waals surface area contributed by atoms with Gasteiger partial charge in [0.15, 0.2) is 6.10 Å². The number of carbonyl (C=O) groups is 2. The van der Waals surface area contributed by atoms with E-state index in [1.165, 1.54) is 83.5 Å². The van der Waals surface area contributed by atoms with E-state index in [4.69, 9.17) is 18.5 Å². The maximum atomic E-state index is 12.8. The summed E-state index contributed by atoms with van der Waals surface area (Å²) in [5.74, 6) is -1.11. The molecule has 1 fully saturated rings. The highest BCUT2D eigenvalue weighted by Crippen LogP contribution is 2.47. The Morgan fingerprint density at radius 2 is 0.864 bits per heavy atom. The molecular formula is C45H83O13P. The molecule has 59 heavy (non-hydrogen) atoms. The fourth-order valence-electron chi connectivity index (χ4n) is 6.98. The molecule has 0 amide bonds. The van der Waals surface area contributed by atoms with Crippen LogP contribution in [-0.4, -0.2) is 98.3 Å². The zero-order valence-electron chi connectivity index (χ0n) is 36.6. The van der Waals surface area contributed by atoms with Crippen molar-refractivity contribution in [3.05, 3.63) is 24.3 Å². The predicted molar refractivity (Wildman–Crippen MR) is 230 cm³/mol. The van der Waals surface area contributed by atoms with Crippen LogP contribution in [0.15, 0.2) is 24.3 Å². The number of aliphatic hydroxyl groups is 5. The summed E-state index contributed by atoms with van der Waals surface area (Å²) < 4.78 is 33.5. The SMILES string of the molecule is CCCCCCC=CCCCCCCCCCC(=O)OC[C@H](COP(=O)(O)OC1C(O)C(O)C(O)[C@@H](O)C1O)OC(=O)CCCCCCCC=CCCCCCCCC. The Morgan fingerprint density at radius 3 is 1.31 bits per heavy atom. The van der Waals surface area contributed by atoms with Crippen LogP contribution in [0.3, 0.4) is 0 Å². The van der Waals surface area contributed by atoms with Crippen molar-refractivity contribution in [1.82, 2.24) is 0 Å². The Labute approximate surface area is 356 Å². The van der Waals surface area contributed by atoms with Crippen molar-refractivity contribution in [1.29, 1.82) is 0 Å². The third-order valence-electron chi connectivity index (χ3n) is 10.8. The van der Waals surface area contributed by atoms with Crippen LogP contribution in [0.25, 0.3) is 0 Å². The fourth-order valence-corrected chi connectivity index (χ4v) is 7.95. The van der Waals surface area contributed by atoms with Crippen molar-refractivity contribution in [3.8, 4) is 0 Å². The minimum Gasteiger partial charge on any atom is -0.462 e. The molecule has 13 nitrogen and oxygen atoms in total. The lowest BCUT2D eigenvalue weighted by molar-refractivity contribution is -0.220. The lowest BCUT2D eigenvalue weighted by atomic mass is 9.85. The van der Waals surface area contributed by atoms with Crippen LogP contribution in [0.1, 0.15) is 194 Å². The summed E-state index contributed by atoms with van der Waals surface area (Å²) >= 11 is 0. The average Bonchev–Trinajstić information content (AvgIpc) is 3.21. The molecule has 0 spiro atoms. The normalized spacial score (nSPS) is 22.5. The van der Waals surface area contributed by atoms with Crippen LogP contribution in [0.2, 0.25) is 0 Å².